The average Bonchev–Trinajstić information content (AvgIpc) is 2.79. The summed E-state index contributed by atoms with van der Waals surface area (Å²) in [5, 5.41) is 0.788. The van der Waals surface area contributed by atoms with Crippen molar-refractivity contribution in [3.05, 3.63) is 58.5 Å². The molecule has 1 aliphatic heterocycles. The zero-order chi connectivity index (χ0) is 15.5. The molecule has 0 atom stereocenters. The number of hydrogen-bond donors (Lipinski definition) is 0. The molecule has 0 N–H and O–H groups in total. The Balaban J connectivity index is 2.43. The highest BCUT2D eigenvalue weighted by Crippen LogP contribution is 2.41. The predicted molar refractivity (Wildman–Crippen MR) is 92.2 cm³/mol. The zero-order valence-electron chi connectivity index (χ0n) is 13.2. The minimum atomic E-state index is 0.788. The minimum absolute atomic E-state index is 0.788. The SMILES string of the molecule is CC[N+]1(CC)C(/C=C/C=C(/C)OC)=Cc2cc(Cl)ccc21. The molecule has 1 heterocycles. The lowest BCUT2D eigenvalue weighted by Gasteiger charge is -2.33. The molecule has 0 saturated heterocycles. The van der Waals surface area contributed by atoms with Crippen molar-refractivity contribution in [2.24, 2.45) is 0 Å². The molecule has 3 heteroatoms. The van der Waals surface area contributed by atoms with Crippen LogP contribution in [0.4, 0.5) is 5.69 Å². The molecule has 0 spiro atoms. The first-order valence-electron chi connectivity index (χ1n) is 7.35. The van der Waals surface area contributed by atoms with Gasteiger partial charge in [0.2, 0.25) is 0 Å². The lowest BCUT2D eigenvalue weighted by molar-refractivity contribution is 0.294. The number of halogens is 1. The van der Waals surface area contributed by atoms with Gasteiger partial charge in [0.05, 0.1) is 26.0 Å². The van der Waals surface area contributed by atoms with Crippen molar-refractivity contribution in [1.82, 2.24) is 4.48 Å². The summed E-state index contributed by atoms with van der Waals surface area (Å²) in [4.78, 5) is 0. The summed E-state index contributed by atoms with van der Waals surface area (Å²) in [6, 6.07) is 6.18. The first-order chi connectivity index (χ1) is 10.1. The van der Waals surface area contributed by atoms with E-state index in [1.807, 2.05) is 25.1 Å². The second kappa shape index (κ2) is 6.50. The zero-order valence-corrected chi connectivity index (χ0v) is 13.9. The summed E-state index contributed by atoms with van der Waals surface area (Å²) in [6.07, 6.45) is 8.44. The minimum Gasteiger partial charge on any atom is -0.501 e. The Morgan fingerprint density at radius 2 is 2.00 bits per heavy atom. The summed E-state index contributed by atoms with van der Waals surface area (Å²) >= 11 is 6.14. The molecule has 112 valence electrons. The fraction of sp³-hybridized carbons (Fsp3) is 0.333. The Kier molecular flexibility index (Phi) is 4.92. The van der Waals surface area contributed by atoms with E-state index in [1.54, 1.807) is 7.11 Å². The van der Waals surface area contributed by atoms with E-state index in [9.17, 15) is 0 Å². The van der Waals surface area contributed by atoms with E-state index in [4.69, 9.17) is 16.3 Å². The van der Waals surface area contributed by atoms with E-state index in [1.165, 1.54) is 16.9 Å². The lowest BCUT2D eigenvalue weighted by atomic mass is 10.2. The van der Waals surface area contributed by atoms with Crippen LogP contribution in [0, 0.1) is 0 Å². The van der Waals surface area contributed by atoms with Crippen molar-refractivity contribution in [3.63, 3.8) is 0 Å². The topological polar surface area (TPSA) is 9.23 Å². The molecule has 0 radical (unpaired) electrons. The molecule has 1 aliphatic rings. The number of rotatable bonds is 5. The van der Waals surface area contributed by atoms with Crippen LogP contribution in [0.1, 0.15) is 26.3 Å². The number of ether oxygens (including phenoxy) is 1. The van der Waals surface area contributed by atoms with Crippen LogP contribution in [0.15, 0.2) is 47.9 Å². The van der Waals surface area contributed by atoms with Gasteiger partial charge in [-0.05, 0) is 45.1 Å². The summed E-state index contributed by atoms with van der Waals surface area (Å²) in [5.74, 6) is 0.900. The summed E-state index contributed by atoms with van der Waals surface area (Å²) in [5.41, 5.74) is 3.84. The third-order valence-electron chi connectivity index (χ3n) is 4.25. The smallest absolute Gasteiger partial charge is 0.145 e. The third kappa shape index (κ3) is 2.92. The maximum absolute atomic E-state index is 6.14. The van der Waals surface area contributed by atoms with Gasteiger partial charge in [0, 0.05) is 22.7 Å². The number of methoxy groups -OCH3 is 1. The van der Waals surface area contributed by atoms with E-state index in [2.05, 4.69) is 38.1 Å². The Labute approximate surface area is 132 Å². The molecule has 2 rings (SSSR count). The average molecular weight is 305 g/mol. The first kappa shape index (κ1) is 15.9. The lowest BCUT2D eigenvalue weighted by Crippen LogP contribution is -2.45. The van der Waals surface area contributed by atoms with Gasteiger partial charge in [0.1, 0.15) is 11.4 Å². The molecule has 0 saturated carbocycles. The molecule has 0 amide bonds. The number of likely N-dealkylation sites (N-methyl/N-ethyl adjacent to an activating group) is 1. The fourth-order valence-electron chi connectivity index (χ4n) is 2.92. The Bertz CT molecular complexity index is 610. The van der Waals surface area contributed by atoms with Crippen molar-refractivity contribution < 1.29 is 4.74 Å². The van der Waals surface area contributed by atoms with Crippen LogP contribution in [0.25, 0.3) is 6.08 Å². The van der Waals surface area contributed by atoms with Crippen LogP contribution in [-0.4, -0.2) is 20.2 Å². The van der Waals surface area contributed by atoms with Gasteiger partial charge in [-0.3, -0.25) is 4.48 Å². The van der Waals surface area contributed by atoms with E-state index >= 15 is 0 Å². The predicted octanol–water partition coefficient (Wildman–Crippen LogP) is 5.15. The molecular formula is C18H23ClNO+. The van der Waals surface area contributed by atoms with Crippen LogP contribution in [0.2, 0.25) is 5.02 Å². The molecule has 0 fully saturated rings. The van der Waals surface area contributed by atoms with Crippen LogP contribution in [-0.2, 0) is 4.74 Å². The molecule has 1 aromatic rings. The van der Waals surface area contributed by atoms with Crippen LogP contribution >= 0.6 is 11.6 Å². The molecule has 0 unspecified atom stereocenters. The number of benzene rings is 1. The molecule has 0 aromatic heterocycles. The number of quaternary nitrogens is 1. The molecule has 0 bridgehead atoms. The number of nitrogens with zero attached hydrogens (tertiary/aromatic N) is 1. The van der Waals surface area contributed by atoms with E-state index in [-0.39, 0.29) is 0 Å². The molecule has 21 heavy (non-hydrogen) atoms. The maximum Gasteiger partial charge on any atom is 0.145 e. The van der Waals surface area contributed by atoms with Gasteiger partial charge in [0.15, 0.2) is 0 Å². The highest BCUT2D eigenvalue weighted by molar-refractivity contribution is 6.30. The van der Waals surface area contributed by atoms with Gasteiger partial charge in [0.25, 0.3) is 0 Å². The van der Waals surface area contributed by atoms with Gasteiger partial charge in [-0.25, -0.2) is 0 Å². The summed E-state index contributed by atoms with van der Waals surface area (Å²) in [7, 11) is 1.69. The number of allylic oxidation sites excluding steroid dienone is 4. The van der Waals surface area contributed by atoms with Gasteiger partial charge >= 0.3 is 0 Å². The monoisotopic (exact) mass is 304 g/mol. The molecule has 1 aromatic carbocycles. The van der Waals surface area contributed by atoms with Crippen LogP contribution < -0.4 is 4.48 Å². The van der Waals surface area contributed by atoms with Crippen molar-refractivity contribution in [2.75, 3.05) is 20.2 Å². The summed E-state index contributed by atoms with van der Waals surface area (Å²) in [6.45, 7) is 8.45. The van der Waals surface area contributed by atoms with Gasteiger partial charge < -0.3 is 4.74 Å². The largest absolute Gasteiger partial charge is 0.501 e. The fourth-order valence-corrected chi connectivity index (χ4v) is 3.10. The standard InChI is InChI=1S/C18H23ClNO/c1-5-20(6-2)17(9-7-8-14(3)21-4)13-15-12-16(19)10-11-18(15)20/h7-13H,5-6H2,1-4H3/q+1/b9-7+,14-8-. The normalized spacial score (nSPS) is 17.0. The van der Waals surface area contributed by atoms with Gasteiger partial charge in [-0.2, -0.15) is 0 Å². The van der Waals surface area contributed by atoms with Crippen molar-refractivity contribution in [3.8, 4) is 0 Å². The van der Waals surface area contributed by atoms with Crippen LogP contribution in [0.3, 0.4) is 0 Å². The maximum atomic E-state index is 6.14. The van der Waals surface area contributed by atoms with Crippen molar-refractivity contribution >= 4 is 23.4 Å². The number of fused-ring (bicyclic) bond motifs is 1. The van der Waals surface area contributed by atoms with Gasteiger partial charge in [-0.1, -0.05) is 17.7 Å². The van der Waals surface area contributed by atoms with Crippen LogP contribution in [0.5, 0.6) is 0 Å². The quantitative estimate of drug-likeness (QED) is 0.415. The molecule has 2 nitrogen and oxygen atoms in total. The second-order valence-corrected chi connectivity index (χ2v) is 5.65. The first-order valence-corrected chi connectivity index (χ1v) is 7.73. The molecular weight excluding hydrogens is 282 g/mol. The van der Waals surface area contributed by atoms with Gasteiger partial charge in [-0.15, -0.1) is 0 Å². The Hall–Kier alpha value is -1.51. The van der Waals surface area contributed by atoms with E-state index in [0.717, 1.165) is 28.4 Å². The van der Waals surface area contributed by atoms with E-state index < -0.39 is 0 Å². The second-order valence-electron chi connectivity index (χ2n) is 5.21. The highest BCUT2D eigenvalue weighted by atomic mass is 35.5. The molecule has 0 aliphatic carbocycles. The van der Waals surface area contributed by atoms with Crippen molar-refractivity contribution in [2.45, 2.75) is 20.8 Å². The van der Waals surface area contributed by atoms with E-state index in [0.29, 0.717) is 0 Å². The summed E-state index contributed by atoms with van der Waals surface area (Å²) < 4.78 is 6.03. The Morgan fingerprint density at radius 3 is 2.62 bits per heavy atom. The van der Waals surface area contributed by atoms with Crippen molar-refractivity contribution in [1.29, 1.82) is 0 Å². The Morgan fingerprint density at radius 1 is 1.29 bits per heavy atom. The number of hydrogen-bond acceptors (Lipinski definition) is 1. The third-order valence-corrected chi connectivity index (χ3v) is 4.48. The highest BCUT2D eigenvalue weighted by Gasteiger charge is 2.37.